The third-order valence-corrected chi connectivity index (χ3v) is 6.29. The monoisotopic (exact) mass is 432 g/mol. The van der Waals surface area contributed by atoms with E-state index in [0.29, 0.717) is 5.92 Å². The molecule has 0 atom stereocenters. The molecule has 0 spiro atoms. The van der Waals surface area contributed by atoms with Crippen LogP contribution in [0.25, 0.3) is 33.0 Å². The lowest BCUT2D eigenvalue weighted by molar-refractivity contribution is 0.215. The molecule has 0 radical (unpaired) electrons. The molecule has 1 fully saturated rings. The van der Waals surface area contributed by atoms with Crippen molar-refractivity contribution in [3.63, 3.8) is 0 Å². The summed E-state index contributed by atoms with van der Waals surface area (Å²) in [4.78, 5) is 7.17. The molecule has 0 aliphatic carbocycles. The fourth-order valence-electron chi connectivity index (χ4n) is 4.51. The second-order valence-electron chi connectivity index (χ2n) is 9.03. The van der Waals surface area contributed by atoms with Gasteiger partial charge in [0.1, 0.15) is 16.8 Å². The van der Waals surface area contributed by atoms with E-state index in [1.165, 1.54) is 12.8 Å². The van der Waals surface area contributed by atoms with Gasteiger partial charge in [0, 0.05) is 11.9 Å². The molecule has 0 unspecified atom stereocenters. The lowest BCUT2D eigenvalue weighted by atomic mass is 9.99. The number of ether oxygens (including phenoxy) is 1. The molecule has 2 N–H and O–H groups in total. The van der Waals surface area contributed by atoms with Crippen molar-refractivity contribution in [3.05, 3.63) is 42.5 Å². The van der Waals surface area contributed by atoms with E-state index in [0.717, 1.165) is 83.6 Å². The predicted octanol–water partition coefficient (Wildman–Crippen LogP) is 4.88. The highest BCUT2D eigenvalue weighted by molar-refractivity contribution is 6.14. The Bertz CT molecular complexity index is 1210. The Morgan fingerprint density at radius 2 is 1.97 bits per heavy atom. The summed E-state index contributed by atoms with van der Waals surface area (Å²) in [6, 6.07) is 14.4. The zero-order valence-corrected chi connectivity index (χ0v) is 19.0. The number of nitrogens with zero attached hydrogens (tertiary/aromatic N) is 2. The van der Waals surface area contributed by atoms with Crippen LogP contribution in [-0.2, 0) is 0 Å². The molecule has 1 aliphatic heterocycles. The molecule has 2 aromatic carbocycles. The Labute approximate surface area is 188 Å². The Morgan fingerprint density at radius 1 is 1.12 bits per heavy atom. The highest BCUT2D eigenvalue weighted by Crippen LogP contribution is 2.38. The molecule has 6 heteroatoms. The summed E-state index contributed by atoms with van der Waals surface area (Å²) < 4.78 is 12.5. The van der Waals surface area contributed by atoms with Gasteiger partial charge in [-0.25, -0.2) is 4.98 Å². The fraction of sp³-hybridized carbons (Fsp3) is 0.423. The average Bonchev–Trinajstić information content (AvgIpc) is 3.18. The van der Waals surface area contributed by atoms with Crippen LogP contribution in [-0.4, -0.2) is 56.8 Å². The van der Waals surface area contributed by atoms with Gasteiger partial charge in [-0.2, -0.15) is 0 Å². The predicted molar refractivity (Wildman–Crippen MR) is 132 cm³/mol. The largest absolute Gasteiger partial charge is 0.493 e. The summed E-state index contributed by atoms with van der Waals surface area (Å²) in [5.74, 6) is 1.50. The summed E-state index contributed by atoms with van der Waals surface area (Å²) in [6.45, 7) is 4.85. The Kier molecular flexibility index (Phi) is 6.14. The van der Waals surface area contributed by atoms with E-state index in [1.54, 1.807) is 0 Å². The van der Waals surface area contributed by atoms with Crippen LogP contribution in [0.5, 0.6) is 5.75 Å². The first kappa shape index (κ1) is 21.0. The van der Waals surface area contributed by atoms with Gasteiger partial charge in [-0.15, -0.1) is 0 Å². The number of nitrogens with one attached hydrogen (secondary N) is 2. The van der Waals surface area contributed by atoms with Crippen molar-refractivity contribution in [1.29, 1.82) is 0 Å². The maximum Gasteiger partial charge on any atom is 0.177 e. The molecule has 168 valence electrons. The van der Waals surface area contributed by atoms with Gasteiger partial charge in [0.2, 0.25) is 0 Å². The van der Waals surface area contributed by atoms with Crippen molar-refractivity contribution in [2.24, 2.45) is 5.92 Å². The third kappa shape index (κ3) is 4.38. The number of furan rings is 1. The van der Waals surface area contributed by atoms with E-state index in [4.69, 9.17) is 14.1 Å². The van der Waals surface area contributed by atoms with E-state index in [2.05, 4.69) is 53.9 Å². The molecule has 0 amide bonds. The number of rotatable bonds is 8. The molecule has 3 heterocycles. The van der Waals surface area contributed by atoms with Crippen LogP contribution >= 0.6 is 0 Å². The molecule has 1 aliphatic rings. The maximum atomic E-state index is 6.32. The van der Waals surface area contributed by atoms with Gasteiger partial charge in [-0.05, 0) is 83.2 Å². The molecule has 0 bridgehead atoms. The topological polar surface area (TPSA) is 62.6 Å². The summed E-state index contributed by atoms with van der Waals surface area (Å²) in [5.41, 5.74) is 4.55. The first-order valence-electron chi connectivity index (χ1n) is 11.7. The number of benzene rings is 2. The Balaban J connectivity index is 1.48. The van der Waals surface area contributed by atoms with Crippen LogP contribution in [0.15, 0.2) is 46.9 Å². The average molecular weight is 433 g/mol. The zero-order valence-electron chi connectivity index (χ0n) is 19.0. The summed E-state index contributed by atoms with van der Waals surface area (Å²) >= 11 is 0. The molecule has 5 rings (SSSR count). The number of anilines is 1. The molecule has 1 saturated heterocycles. The highest BCUT2D eigenvalue weighted by Gasteiger charge is 2.18. The molecule has 0 saturated carbocycles. The second-order valence-corrected chi connectivity index (χ2v) is 9.03. The lowest BCUT2D eigenvalue weighted by Crippen LogP contribution is -2.30. The molecule has 32 heavy (non-hydrogen) atoms. The molecule has 2 aromatic heterocycles. The van der Waals surface area contributed by atoms with Gasteiger partial charge in [-0.1, -0.05) is 18.2 Å². The van der Waals surface area contributed by atoms with E-state index >= 15 is 0 Å². The molecular formula is C26H32N4O2. The Hall–Kier alpha value is -2.83. The maximum absolute atomic E-state index is 6.32. The SMILES string of the molecule is CN(C)CCCNc1c2ccccc2nc2c1oc1ccc(OCC3CCNCC3)cc12. The summed E-state index contributed by atoms with van der Waals surface area (Å²) in [5, 5.41) is 9.14. The van der Waals surface area contributed by atoms with Gasteiger partial charge in [0.05, 0.1) is 23.2 Å². The first-order valence-corrected chi connectivity index (χ1v) is 11.7. The number of pyridine rings is 1. The number of aromatic nitrogens is 1. The van der Waals surface area contributed by atoms with Crippen molar-refractivity contribution >= 4 is 38.7 Å². The van der Waals surface area contributed by atoms with E-state index in [1.807, 2.05) is 18.2 Å². The zero-order chi connectivity index (χ0) is 21.9. The number of hydrogen-bond acceptors (Lipinski definition) is 6. The quantitative estimate of drug-likeness (QED) is 0.387. The van der Waals surface area contributed by atoms with Crippen molar-refractivity contribution in [1.82, 2.24) is 15.2 Å². The number of fused-ring (bicyclic) bond motifs is 4. The van der Waals surface area contributed by atoms with Crippen molar-refractivity contribution < 1.29 is 9.15 Å². The lowest BCUT2D eigenvalue weighted by Gasteiger charge is -2.22. The van der Waals surface area contributed by atoms with Crippen LogP contribution in [0.3, 0.4) is 0 Å². The number of para-hydroxylation sites is 1. The summed E-state index contributed by atoms with van der Waals surface area (Å²) in [6.07, 6.45) is 3.40. The van der Waals surface area contributed by atoms with E-state index in [9.17, 15) is 0 Å². The molecule has 4 aromatic rings. The Morgan fingerprint density at radius 3 is 2.81 bits per heavy atom. The van der Waals surface area contributed by atoms with Crippen molar-refractivity contribution in [3.8, 4) is 5.75 Å². The fourth-order valence-corrected chi connectivity index (χ4v) is 4.51. The van der Waals surface area contributed by atoms with Gasteiger partial charge in [0.25, 0.3) is 0 Å². The smallest absolute Gasteiger partial charge is 0.177 e. The van der Waals surface area contributed by atoms with Crippen LogP contribution in [0.1, 0.15) is 19.3 Å². The van der Waals surface area contributed by atoms with Gasteiger partial charge >= 0.3 is 0 Å². The minimum absolute atomic E-state index is 0.619. The van der Waals surface area contributed by atoms with Gasteiger partial charge < -0.3 is 24.7 Å². The standard InChI is InChI=1S/C26H32N4O2/c1-30(2)15-5-12-28-24-20-6-3-4-7-22(20)29-25-21-16-19(8-9-23(21)32-26(24)25)31-17-18-10-13-27-14-11-18/h3-4,6-9,16,18,27H,5,10-15,17H2,1-2H3,(H,28,29). The molecular weight excluding hydrogens is 400 g/mol. The van der Waals surface area contributed by atoms with Crippen LogP contribution in [0, 0.1) is 5.92 Å². The summed E-state index contributed by atoms with van der Waals surface area (Å²) in [7, 11) is 4.20. The minimum atomic E-state index is 0.619. The van der Waals surface area contributed by atoms with E-state index < -0.39 is 0 Å². The van der Waals surface area contributed by atoms with Crippen LogP contribution in [0.4, 0.5) is 5.69 Å². The first-order chi connectivity index (χ1) is 15.7. The van der Waals surface area contributed by atoms with Crippen molar-refractivity contribution in [2.75, 3.05) is 52.2 Å². The second kappa shape index (κ2) is 9.35. The number of hydrogen-bond donors (Lipinski definition) is 2. The van der Waals surface area contributed by atoms with Gasteiger partial charge in [0.15, 0.2) is 5.58 Å². The normalized spacial score (nSPS) is 15.2. The van der Waals surface area contributed by atoms with E-state index in [-0.39, 0.29) is 0 Å². The molecule has 6 nitrogen and oxygen atoms in total. The van der Waals surface area contributed by atoms with Gasteiger partial charge in [-0.3, -0.25) is 0 Å². The minimum Gasteiger partial charge on any atom is -0.493 e. The third-order valence-electron chi connectivity index (χ3n) is 6.29. The van der Waals surface area contributed by atoms with Crippen LogP contribution < -0.4 is 15.4 Å². The highest BCUT2D eigenvalue weighted by atomic mass is 16.5. The van der Waals surface area contributed by atoms with Crippen molar-refractivity contribution in [2.45, 2.75) is 19.3 Å². The number of piperidine rings is 1. The van der Waals surface area contributed by atoms with Crippen LogP contribution in [0.2, 0.25) is 0 Å².